The minimum absolute atomic E-state index is 0.131. The number of aliphatic hydroxyl groups excluding tert-OH is 5. The molecule has 9 heteroatoms. The maximum Gasteiger partial charge on any atom is 0.187 e. The zero-order valence-corrected chi connectivity index (χ0v) is 14.3. The number of hydrogen-bond donors (Lipinski definition) is 5. The van der Waals surface area contributed by atoms with Crippen molar-refractivity contribution in [2.45, 2.75) is 88.6 Å². The summed E-state index contributed by atoms with van der Waals surface area (Å²) in [5, 5.41) is 49.6. The summed E-state index contributed by atoms with van der Waals surface area (Å²) in [4.78, 5) is 0. The highest BCUT2D eigenvalue weighted by Crippen LogP contribution is 2.29. The summed E-state index contributed by atoms with van der Waals surface area (Å²) in [5.41, 5.74) is -0.608. The van der Waals surface area contributed by atoms with Crippen LogP contribution in [0.5, 0.6) is 0 Å². The van der Waals surface area contributed by atoms with Crippen LogP contribution < -0.4 is 0 Å². The second-order valence-electron chi connectivity index (χ2n) is 7.27. The smallest absolute Gasteiger partial charge is 0.187 e. The van der Waals surface area contributed by atoms with Crippen molar-refractivity contribution >= 4 is 0 Å². The molecule has 0 aromatic rings. The molecule has 2 fully saturated rings. The Morgan fingerprint density at radius 3 is 2.08 bits per heavy atom. The monoisotopic (exact) mass is 352 g/mol. The standard InChI is InChI=1S/C15H28O9/c1-6-8(17)10(19)11(20)13(22-6)23-12-9(18)7(16)5-21-14(12)24-15(2,3)4/h6-14,16-20H,5H2,1-4H3. The molecule has 24 heavy (non-hydrogen) atoms. The van der Waals surface area contributed by atoms with Crippen molar-refractivity contribution in [1.82, 2.24) is 0 Å². The minimum atomic E-state index is -1.53. The average molecular weight is 352 g/mol. The van der Waals surface area contributed by atoms with Crippen molar-refractivity contribution in [3.63, 3.8) is 0 Å². The lowest BCUT2D eigenvalue weighted by Gasteiger charge is -2.45. The van der Waals surface area contributed by atoms with Gasteiger partial charge in [-0.2, -0.15) is 0 Å². The van der Waals surface area contributed by atoms with Crippen molar-refractivity contribution in [1.29, 1.82) is 0 Å². The van der Waals surface area contributed by atoms with E-state index in [9.17, 15) is 25.5 Å². The minimum Gasteiger partial charge on any atom is -0.388 e. The molecule has 0 amide bonds. The second-order valence-corrected chi connectivity index (χ2v) is 7.27. The quantitative estimate of drug-likeness (QED) is 0.394. The van der Waals surface area contributed by atoms with Gasteiger partial charge in [0, 0.05) is 0 Å². The van der Waals surface area contributed by atoms with Gasteiger partial charge in [-0.3, -0.25) is 0 Å². The zero-order chi connectivity index (χ0) is 18.2. The van der Waals surface area contributed by atoms with E-state index in [2.05, 4.69) is 0 Å². The Morgan fingerprint density at radius 2 is 1.50 bits per heavy atom. The van der Waals surface area contributed by atoms with E-state index in [-0.39, 0.29) is 6.61 Å². The lowest BCUT2D eigenvalue weighted by Crippen LogP contribution is -2.62. The number of hydrogen-bond acceptors (Lipinski definition) is 9. The maximum atomic E-state index is 10.2. The van der Waals surface area contributed by atoms with Crippen LogP contribution in [0.25, 0.3) is 0 Å². The molecule has 2 aliphatic heterocycles. The molecule has 2 rings (SSSR count). The van der Waals surface area contributed by atoms with Crippen LogP contribution in [-0.4, -0.2) is 93.0 Å². The first-order valence-electron chi connectivity index (χ1n) is 8.02. The largest absolute Gasteiger partial charge is 0.388 e. The molecule has 0 bridgehead atoms. The van der Waals surface area contributed by atoms with E-state index in [1.165, 1.54) is 6.92 Å². The van der Waals surface area contributed by atoms with Gasteiger partial charge in [-0.25, -0.2) is 0 Å². The topological polar surface area (TPSA) is 138 Å². The van der Waals surface area contributed by atoms with E-state index in [1.54, 1.807) is 20.8 Å². The molecule has 0 radical (unpaired) electrons. The number of ether oxygens (including phenoxy) is 4. The van der Waals surface area contributed by atoms with Gasteiger partial charge >= 0.3 is 0 Å². The third-order valence-electron chi connectivity index (χ3n) is 4.00. The predicted molar refractivity (Wildman–Crippen MR) is 79.8 cm³/mol. The SMILES string of the molecule is CC1OC(OC2C(OC(C)(C)C)OCC(O)C2O)C(O)C(O)C1O. The van der Waals surface area contributed by atoms with E-state index in [4.69, 9.17) is 18.9 Å². The lowest BCUT2D eigenvalue weighted by atomic mass is 9.99. The summed E-state index contributed by atoms with van der Waals surface area (Å²) in [6, 6.07) is 0. The average Bonchev–Trinajstić information content (AvgIpc) is 2.48. The molecule has 5 N–H and O–H groups in total. The van der Waals surface area contributed by atoms with Gasteiger partial charge in [0.05, 0.1) is 18.3 Å². The van der Waals surface area contributed by atoms with Crippen molar-refractivity contribution in [3.8, 4) is 0 Å². The molecule has 2 saturated heterocycles. The van der Waals surface area contributed by atoms with E-state index in [0.29, 0.717) is 0 Å². The third kappa shape index (κ3) is 4.43. The fraction of sp³-hybridized carbons (Fsp3) is 1.00. The van der Waals surface area contributed by atoms with Gasteiger partial charge in [0.1, 0.15) is 36.6 Å². The molecule has 2 heterocycles. The van der Waals surface area contributed by atoms with Crippen molar-refractivity contribution in [2.75, 3.05) is 6.61 Å². The highest BCUT2D eigenvalue weighted by Gasteiger charge is 2.48. The number of aliphatic hydroxyl groups is 5. The van der Waals surface area contributed by atoms with E-state index < -0.39 is 60.9 Å². The van der Waals surface area contributed by atoms with Crippen LogP contribution in [0.4, 0.5) is 0 Å². The molecule has 0 aliphatic carbocycles. The Morgan fingerprint density at radius 1 is 0.875 bits per heavy atom. The Bertz CT molecular complexity index is 412. The fourth-order valence-corrected chi connectivity index (χ4v) is 2.64. The fourth-order valence-electron chi connectivity index (χ4n) is 2.64. The van der Waals surface area contributed by atoms with Crippen LogP contribution in [0.15, 0.2) is 0 Å². The molecular formula is C15H28O9. The Hall–Kier alpha value is -0.360. The van der Waals surface area contributed by atoms with Gasteiger partial charge in [-0.15, -0.1) is 0 Å². The molecule has 0 spiro atoms. The predicted octanol–water partition coefficient (Wildman–Crippen LogP) is -1.91. The Balaban J connectivity index is 2.13. The summed E-state index contributed by atoms with van der Waals surface area (Å²) in [7, 11) is 0. The van der Waals surface area contributed by atoms with Crippen molar-refractivity contribution < 1.29 is 44.5 Å². The highest BCUT2D eigenvalue weighted by molar-refractivity contribution is 4.90. The molecule has 142 valence electrons. The molecule has 0 aromatic heterocycles. The summed E-state index contributed by atoms with van der Waals surface area (Å²) >= 11 is 0. The molecule has 0 aromatic carbocycles. The number of rotatable bonds is 3. The van der Waals surface area contributed by atoms with Crippen molar-refractivity contribution in [2.24, 2.45) is 0 Å². The van der Waals surface area contributed by atoms with Crippen LogP contribution in [-0.2, 0) is 18.9 Å². The summed E-state index contributed by atoms with van der Waals surface area (Å²) in [6.45, 7) is 6.76. The first-order valence-corrected chi connectivity index (χ1v) is 8.02. The van der Waals surface area contributed by atoms with Crippen LogP contribution in [0.3, 0.4) is 0 Å². The van der Waals surface area contributed by atoms with E-state index >= 15 is 0 Å². The maximum absolute atomic E-state index is 10.2. The Kier molecular flexibility index (Phi) is 6.22. The Labute approximate surface area is 140 Å². The molecule has 9 atom stereocenters. The first kappa shape index (κ1) is 20.0. The van der Waals surface area contributed by atoms with E-state index in [0.717, 1.165) is 0 Å². The van der Waals surface area contributed by atoms with Crippen LogP contribution in [0, 0.1) is 0 Å². The summed E-state index contributed by atoms with van der Waals surface area (Å²) in [6.07, 6.45) is -11.0. The van der Waals surface area contributed by atoms with Crippen molar-refractivity contribution in [3.05, 3.63) is 0 Å². The van der Waals surface area contributed by atoms with Gasteiger partial charge in [-0.1, -0.05) is 0 Å². The normalized spacial score (nSPS) is 47.6. The molecular weight excluding hydrogens is 324 g/mol. The molecule has 2 aliphatic rings. The molecule has 0 saturated carbocycles. The summed E-state index contributed by atoms with van der Waals surface area (Å²) in [5.74, 6) is 0. The molecule has 9 unspecified atom stereocenters. The highest BCUT2D eigenvalue weighted by atomic mass is 16.8. The summed E-state index contributed by atoms with van der Waals surface area (Å²) < 4.78 is 22.0. The van der Waals surface area contributed by atoms with Gasteiger partial charge in [0.15, 0.2) is 12.6 Å². The van der Waals surface area contributed by atoms with E-state index in [1.807, 2.05) is 0 Å². The van der Waals surface area contributed by atoms with Gasteiger partial charge in [0.25, 0.3) is 0 Å². The van der Waals surface area contributed by atoms with Gasteiger partial charge in [-0.05, 0) is 27.7 Å². The van der Waals surface area contributed by atoms with Crippen LogP contribution in [0.1, 0.15) is 27.7 Å². The molecule has 9 nitrogen and oxygen atoms in total. The van der Waals surface area contributed by atoms with Gasteiger partial charge < -0.3 is 44.5 Å². The third-order valence-corrected chi connectivity index (χ3v) is 4.00. The zero-order valence-electron chi connectivity index (χ0n) is 14.3. The lowest BCUT2D eigenvalue weighted by molar-refractivity contribution is -0.361. The van der Waals surface area contributed by atoms with Crippen LogP contribution in [0.2, 0.25) is 0 Å². The second kappa shape index (κ2) is 7.48. The first-order chi connectivity index (χ1) is 11.0. The van der Waals surface area contributed by atoms with Gasteiger partial charge in [0.2, 0.25) is 0 Å². The van der Waals surface area contributed by atoms with Crippen LogP contribution >= 0.6 is 0 Å².